The van der Waals surface area contributed by atoms with Crippen LogP contribution in [0.5, 0.6) is 0 Å². The van der Waals surface area contributed by atoms with E-state index in [1.807, 2.05) is 0 Å². The second-order valence-corrected chi connectivity index (χ2v) is 3.92. The van der Waals surface area contributed by atoms with Crippen LogP contribution < -0.4 is 0 Å². The van der Waals surface area contributed by atoms with Crippen LogP contribution in [0.25, 0.3) is 0 Å². The fourth-order valence-corrected chi connectivity index (χ4v) is 0.836. The van der Waals surface area contributed by atoms with Gasteiger partial charge in [-0.3, -0.25) is 0 Å². The number of rotatable bonds is 4. The quantitative estimate of drug-likeness (QED) is 0.655. The Labute approximate surface area is 69.2 Å². The first-order valence-electron chi connectivity index (χ1n) is 4.28. The molecule has 0 fully saturated rings. The Kier molecular flexibility index (Phi) is 4.04. The van der Waals surface area contributed by atoms with Crippen LogP contribution in [0.2, 0.25) is 0 Å². The van der Waals surface area contributed by atoms with Crippen LogP contribution >= 0.6 is 0 Å². The van der Waals surface area contributed by atoms with Crippen LogP contribution in [0, 0.1) is 5.92 Å². The normalized spacial score (nSPS) is 18.0. The van der Waals surface area contributed by atoms with Gasteiger partial charge >= 0.3 is 0 Å². The molecule has 0 rings (SSSR count). The number of hydrogen-bond donors (Lipinski definition) is 2. The maximum Gasteiger partial charge on any atom is 0.0849 e. The summed E-state index contributed by atoms with van der Waals surface area (Å²) < 4.78 is 0. The van der Waals surface area contributed by atoms with Crippen molar-refractivity contribution in [3.63, 3.8) is 0 Å². The van der Waals surface area contributed by atoms with Gasteiger partial charge in [-0.2, -0.15) is 0 Å². The maximum atomic E-state index is 9.44. The summed E-state index contributed by atoms with van der Waals surface area (Å²) >= 11 is 0. The van der Waals surface area contributed by atoms with Gasteiger partial charge in [-0.15, -0.1) is 0 Å². The van der Waals surface area contributed by atoms with E-state index in [-0.39, 0.29) is 0 Å². The summed E-state index contributed by atoms with van der Waals surface area (Å²) in [5.74, 6) is 0.483. The zero-order valence-electron chi connectivity index (χ0n) is 7.96. The van der Waals surface area contributed by atoms with E-state index < -0.39 is 11.7 Å². The molecular weight excluding hydrogens is 140 g/mol. The van der Waals surface area contributed by atoms with Gasteiger partial charge in [-0.05, 0) is 26.2 Å². The predicted molar refractivity (Wildman–Crippen MR) is 46.4 cm³/mol. The Morgan fingerprint density at radius 1 is 1.36 bits per heavy atom. The third-order valence-electron chi connectivity index (χ3n) is 2.14. The Morgan fingerprint density at radius 2 is 1.82 bits per heavy atom. The van der Waals surface area contributed by atoms with E-state index in [0.29, 0.717) is 12.3 Å². The number of aliphatic hydroxyl groups excluding tert-OH is 1. The average molecular weight is 160 g/mol. The zero-order valence-corrected chi connectivity index (χ0v) is 7.96. The molecule has 2 atom stereocenters. The highest BCUT2D eigenvalue weighted by atomic mass is 16.3. The highest BCUT2D eigenvalue weighted by Gasteiger charge is 2.25. The second kappa shape index (κ2) is 4.07. The summed E-state index contributed by atoms with van der Waals surface area (Å²) in [7, 11) is 0. The van der Waals surface area contributed by atoms with Crippen molar-refractivity contribution in [3.8, 4) is 0 Å². The lowest BCUT2D eigenvalue weighted by Gasteiger charge is -2.26. The Balaban J connectivity index is 3.77. The molecule has 0 aromatic rings. The van der Waals surface area contributed by atoms with Crippen molar-refractivity contribution >= 4 is 0 Å². The van der Waals surface area contributed by atoms with Crippen molar-refractivity contribution in [2.45, 2.75) is 52.2 Å². The van der Waals surface area contributed by atoms with Crippen molar-refractivity contribution in [3.05, 3.63) is 0 Å². The topological polar surface area (TPSA) is 40.5 Å². The monoisotopic (exact) mass is 160 g/mol. The van der Waals surface area contributed by atoms with Gasteiger partial charge in [-0.25, -0.2) is 0 Å². The molecule has 0 bridgehead atoms. The van der Waals surface area contributed by atoms with Crippen LogP contribution in [0.15, 0.2) is 0 Å². The minimum atomic E-state index is -0.955. The lowest BCUT2D eigenvalue weighted by Crippen LogP contribution is -2.36. The molecule has 0 saturated heterocycles. The summed E-state index contributed by atoms with van der Waals surface area (Å²) in [5.41, 5.74) is -0.955. The molecule has 0 aromatic carbocycles. The molecule has 2 N–H and O–H groups in total. The van der Waals surface area contributed by atoms with E-state index in [9.17, 15) is 10.2 Å². The van der Waals surface area contributed by atoms with Gasteiger partial charge in [0.25, 0.3) is 0 Å². The molecule has 0 aliphatic heterocycles. The molecule has 2 nitrogen and oxygen atoms in total. The second-order valence-electron chi connectivity index (χ2n) is 3.92. The van der Waals surface area contributed by atoms with Crippen LogP contribution in [0.3, 0.4) is 0 Å². The average Bonchev–Trinajstić information content (AvgIpc) is 1.85. The summed E-state index contributed by atoms with van der Waals surface area (Å²) in [6.45, 7) is 7.44. The molecule has 68 valence electrons. The first kappa shape index (κ1) is 10.9. The zero-order chi connectivity index (χ0) is 9.07. The Morgan fingerprint density at radius 3 is 2.09 bits per heavy atom. The molecule has 2 unspecified atom stereocenters. The van der Waals surface area contributed by atoms with Crippen molar-refractivity contribution < 1.29 is 10.2 Å². The fourth-order valence-electron chi connectivity index (χ4n) is 0.836. The molecule has 0 spiro atoms. The van der Waals surface area contributed by atoms with Gasteiger partial charge in [-0.1, -0.05) is 20.3 Å². The fraction of sp³-hybridized carbons (Fsp3) is 1.00. The molecule has 0 aromatic heterocycles. The van der Waals surface area contributed by atoms with Gasteiger partial charge < -0.3 is 10.2 Å². The summed E-state index contributed by atoms with van der Waals surface area (Å²) in [6.07, 6.45) is 1.13. The number of hydrogen-bond acceptors (Lipinski definition) is 2. The summed E-state index contributed by atoms with van der Waals surface area (Å²) in [5, 5.41) is 18.8. The standard InChI is InChI=1S/C9H20O2/c1-5-7(2)6-8(10)9(3,4)11/h7-8,10-11H,5-6H2,1-4H3. The van der Waals surface area contributed by atoms with Crippen molar-refractivity contribution in [2.75, 3.05) is 0 Å². The molecule has 0 aliphatic rings. The maximum absolute atomic E-state index is 9.44. The minimum Gasteiger partial charge on any atom is -0.390 e. The predicted octanol–water partition coefficient (Wildman–Crippen LogP) is 1.55. The van der Waals surface area contributed by atoms with Gasteiger partial charge in [0.2, 0.25) is 0 Å². The molecule has 11 heavy (non-hydrogen) atoms. The highest BCUT2D eigenvalue weighted by Crippen LogP contribution is 2.18. The molecule has 0 saturated carbocycles. The van der Waals surface area contributed by atoms with Crippen molar-refractivity contribution in [1.29, 1.82) is 0 Å². The Hall–Kier alpha value is -0.0800. The van der Waals surface area contributed by atoms with Gasteiger partial charge in [0.05, 0.1) is 11.7 Å². The van der Waals surface area contributed by atoms with Crippen LogP contribution in [-0.2, 0) is 0 Å². The minimum absolute atomic E-state index is 0.483. The molecule has 0 aliphatic carbocycles. The number of aliphatic hydroxyl groups is 2. The van der Waals surface area contributed by atoms with Crippen molar-refractivity contribution in [2.24, 2.45) is 5.92 Å². The first-order chi connectivity index (χ1) is 4.88. The van der Waals surface area contributed by atoms with Crippen molar-refractivity contribution in [1.82, 2.24) is 0 Å². The van der Waals surface area contributed by atoms with E-state index in [4.69, 9.17) is 0 Å². The van der Waals surface area contributed by atoms with Crippen LogP contribution in [0.1, 0.15) is 40.5 Å². The molecule has 0 amide bonds. The smallest absolute Gasteiger partial charge is 0.0849 e. The third kappa shape index (κ3) is 4.38. The largest absolute Gasteiger partial charge is 0.390 e. The van der Waals surface area contributed by atoms with E-state index in [2.05, 4.69) is 13.8 Å². The summed E-state index contributed by atoms with van der Waals surface area (Å²) in [4.78, 5) is 0. The molecule has 2 heteroatoms. The van der Waals surface area contributed by atoms with E-state index >= 15 is 0 Å². The van der Waals surface area contributed by atoms with Gasteiger partial charge in [0.15, 0.2) is 0 Å². The van der Waals surface area contributed by atoms with E-state index in [0.717, 1.165) is 6.42 Å². The molecule has 0 heterocycles. The summed E-state index contributed by atoms with van der Waals surface area (Å²) in [6, 6.07) is 0. The van der Waals surface area contributed by atoms with Gasteiger partial charge in [0, 0.05) is 0 Å². The van der Waals surface area contributed by atoms with E-state index in [1.54, 1.807) is 13.8 Å². The van der Waals surface area contributed by atoms with E-state index in [1.165, 1.54) is 0 Å². The lowest BCUT2D eigenvalue weighted by molar-refractivity contribution is -0.0574. The molecule has 0 radical (unpaired) electrons. The first-order valence-corrected chi connectivity index (χ1v) is 4.28. The third-order valence-corrected chi connectivity index (χ3v) is 2.14. The van der Waals surface area contributed by atoms with Crippen LogP contribution in [0.4, 0.5) is 0 Å². The molecular formula is C9H20O2. The SMILES string of the molecule is CCC(C)CC(O)C(C)(C)O. The van der Waals surface area contributed by atoms with Gasteiger partial charge in [0.1, 0.15) is 0 Å². The Bertz CT molecular complexity index is 105. The van der Waals surface area contributed by atoms with Crippen LogP contribution in [-0.4, -0.2) is 21.9 Å². The lowest BCUT2D eigenvalue weighted by atomic mass is 9.92. The highest BCUT2D eigenvalue weighted by molar-refractivity contribution is 4.77.